The Balaban J connectivity index is 2.83. The highest BCUT2D eigenvalue weighted by atomic mass is 16.6. The molecule has 18 heavy (non-hydrogen) atoms. The number of benzene rings is 1. The molecule has 0 spiro atoms. The summed E-state index contributed by atoms with van der Waals surface area (Å²) in [7, 11) is 0. The van der Waals surface area contributed by atoms with Crippen LogP contribution >= 0.6 is 0 Å². The van der Waals surface area contributed by atoms with Gasteiger partial charge >= 0.3 is 5.97 Å². The quantitative estimate of drug-likeness (QED) is 0.457. The number of carbonyl (C=O) groups is 1. The average Bonchev–Trinajstić information content (AvgIpc) is 2.34. The molecular weight excluding hydrogens is 234 g/mol. The van der Waals surface area contributed by atoms with Gasteiger partial charge in [0.05, 0.1) is 10.5 Å². The van der Waals surface area contributed by atoms with Gasteiger partial charge in [-0.2, -0.15) is 0 Å². The largest absolute Gasteiger partial charge is 0.478 e. The normalized spacial score (nSPS) is 10.3. The number of aryl methyl sites for hydroxylation is 1. The Morgan fingerprint density at radius 2 is 2.06 bits per heavy atom. The van der Waals surface area contributed by atoms with E-state index in [4.69, 9.17) is 5.11 Å². The van der Waals surface area contributed by atoms with Gasteiger partial charge in [0.25, 0.3) is 5.69 Å². The van der Waals surface area contributed by atoms with Crippen LogP contribution in [0.15, 0.2) is 18.2 Å². The zero-order valence-electron chi connectivity index (χ0n) is 10.4. The lowest BCUT2D eigenvalue weighted by Gasteiger charge is -2.04. The van der Waals surface area contributed by atoms with E-state index < -0.39 is 10.9 Å². The molecule has 98 valence electrons. The van der Waals surface area contributed by atoms with Crippen molar-refractivity contribution in [2.24, 2.45) is 0 Å². The molecule has 0 atom stereocenters. The van der Waals surface area contributed by atoms with Gasteiger partial charge < -0.3 is 5.11 Å². The lowest BCUT2D eigenvalue weighted by atomic mass is 10.0. The molecule has 1 N–H and O–H groups in total. The highest BCUT2D eigenvalue weighted by Crippen LogP contribution is 2.22. The van der Waals surface area contributed by atoms with Crippen LogP contribution in [-0.4, -0.2) is 16.0 Å². The predicted octanol–water partition coefficient (Wildman–Crippen LogP) is 3.42. The Kier molecular flexibility index (Phi) is 5.30. The molecular formula is C13H17NO4. The van der Waals surface area contributed by atoms with Gasteiger partial charge in [-0.1, -0.05) is 32.3 Å². The summed E-state index contributed by atoms with van der Waals surface area (Å²) < 4.78 is 0. The Hall–Kier alpha value is -1.91. The Labute approximate surface area is 106 Å². The van der Waals surface area contributed by atoms with Crippen molar-refractivity contribution in [2.75, 3.05) is 0 Å². The van der Waals surface area contributed by atoms with E-state index in [2.05, 4.69) is 6.92 Å². The highest BCUT2D eigenvalue weighted by Gasteiger charge is 2.16. The molecule has 1 aromatic carbocycles. The Bertz CT molecular complexity index is 443. The standard InChI is InChI=1S/C13H17NO4/c1-2-3-4-5-6-10-7-8-11(13(15)16)9-12(10)14(17)18/h7-9H,2-6H2,1H3,(H,15,16). The van der Waals surface area contributed by atoms with Crippen molar-refractivity contribution in [3.63, 3.8) is 0 Å². The van der Waals surface area contributed by atoms with Crippen LogP contribution in [0.3, 0.4) is 0 Å². The number of carboxylic acid groups (broad SMARTS) is 1. The topological polar surface area (TPSA) is 80.4 Å². The third kappa shape index (κ3) is 3.84. The van der Waals surface area contributed by atoms with E-state index in [-0.39, 0.29) is 11.3 Å². The highest BCUT2D eigenvalue weighted by molar-refractivity contribution is 5.88. The number of nitro benzene ring substituents is 1. The molecule has 0 unspecified atom stereocenters. The SMILES string of the molecule is CCCCCCc1ccc(C(=O)O)cc1[N+](=O)[O-]. The van der Waals surface area contributed by atoms with Gasteiger partial charge in [-0.3, -0.25) is 10.1 Å². The first kappa shape index (κ1) is 14.2. The lowest BCUT2D eigenvalue weighted by Crippen LogP contribution is -2.01. The molecule has 0 aliphatic heterocycles. The van der Waals surface area contributed by atoms with Crippen molar-refractivity contribution >= 4 is 11.7 Å². The summed E-state index contributed by atoms with van der Waals surface area (Å²) in [5.41, 5.74) is 0.478. The molecule has 0 saturated heterocycles. The van der Waals surface area contributed by atoms with Crippen molar-refractivity contribution in [3.05, 3.63) is 39.4 Å². The molecule has 0 aliphatic rings. The summed E-state index contributed by atoms with van der Waals surface area (Å²) in [5.74, 6) is -1.14. The Morgan fingerprint density at radius 1 is 1.33 bits per heavy atom. The summed E-state index contributed by atoms with van der Waals surface area (Å²) in [6, 6.07) is 4.11. The summed E-state index contributed by atoms with van der Waals surface area (Å²) >= 11 is 0. The zero-order chi connectivity index (χ0) is 13.5. The van der Waals surface area contributed by atoms with E-state index in [1.54, 1.807) is 6.07 Å². The number of nitro groups is 1. The third-order valence-corrected chi connectivity index (χ3v) is 2.83. The first-order valence-corrected chi connectivity index (χ1v) is 6.07. The monoisotopic (exact) mass is 251 g/mol. The average molecular weight is 251 g/mol. The first-order valence-electron chi connectivity index (χ1n) is 6.07. The molecule has 5 heteroatoms. The van der Waals surface area contributed by atoms with E-state index in [1.165, 1.54) is 6.07 Å². The second-order valence-electron chi connectivity index (χ2n) is 4.22. The maximum Gasteiger partial charge on any atom is 0.335 e. The van der Waals surface area contributed by atoms with Crippen LogP contribution in [0.1, 0.15) is 48.5 Å². The lowest BCUT2D eigenvalue weighted by molar-refractivity contribution is -0.385. The molecule has 0 amide bonds. The summed E-state index contributed by atoms with van der Waals surface area (Å²) in [4.78, 5) is 21.1. The molecule has 1 aromatic rings. The van der Waals surface area contributed by atoms with Crippen molar-refractivity contribution < 1.29 is 14.8 Å². The maximum atomic E-state index is 10.9. The van der Waals surface area contributed by atoms with Crippen molar-refractivity contribution in [2.45, 2.75) is 39.0 Å². The van der Waals surface area contributed by atoms with Crippen LogP contribution in [0.5, 0.6) is 0 Å². The minimum Gasteiger partial charge on any atom is -0.478 e. The summed E-state index contributed by atoms with van der Waals surface area (Å²) in [6.07, 6.45) is 4.77. The Morgan fingerprint density at radius 3 is 2.61 bits per heavy atom. The summed E-state index contributed by atoms with van der Waals surface area (Å²) in [6.45, 7) is 2.10. The van der Waals surface area contributed by atoms with Crippen molar-refractivity contribution in [1.82, 2.24) is 0 Å². The minimum absolute atomic E-state index is 0.0426. The number of rotatable bonds is 7. The van der Waals surface area contributed by atoms with Gasteiger partial charge in [-0.05, 0) is 18.9 Å². The number of hydrogen-bond donors (Lipinski definition) is 1. The predicted molar refractivity (Wildman–Crippen MR) is 67.9 cm³/mol. The fourth-order valence-electron chi connectivity index (χ4n) is 1.82. The molecule has 0 radical (unpaired) electrons. The van der Waals surface area contributed by atoms with Crippen LogP contribution < -0.4 is 0 Å². The van der Waals surface area contributed by atoms with Gasteiger partial charge in [-0.15, -0.1) is 0 Å². The van der Waals surface area contributed by atoms with Crippen LogP contribution in [0.4, 0.5) is 5.69 Å². The maximum absolute atomic E-state index is 10.9. The molecule has 0 aromatic heterocycles. The number of nitrogens with zero attached hydrogens (tertiary/aromatic N) is 1. The number of carboxylic acids is 1. The number of hydrogen-bond acceptors (Lipinski definition) is 3. The van der Waals surface area contributed by atoms with Gasteiger partial charge in [-0.25, -0.2) is 4.79 Å². The van der Waals surface area contributed by atoms with Gasteiger partial charge in [0, 0.05) is 11.6 Å². The second kappa shape index (κ2) is 6.74. The zero-order valence-corrected chi connectivity index (χ0v) is 10.4. The molecule has 1 rings (SSSR count). The van der Waals surface area contributed by atoms with Crippen LogP contribution in [0.25, 0.3) is 0 Å². The molecule has 0 fully saturated rings. The molecule has 0 saturated carbocycles. The smallest absolute Gasteiger partial charge is 0.335 e. The van der Waals surface area contributed by atoms with Crippen LogP contribution in [-0.2, 0) is 6.42 Å². The molecule has 0 bridgehead atoms. The van der Waals surface area contributed by atoms with Gasteiger partial charge in [0.2, 0.25) is 0 Å². The molecule has 5 nitrogen and oxygen atoms in total. The van der Waals surface area contributed by atoms with Crippen molar-refractivity contribution in [1.29, 1.82) is 0 Å². The number of aromatic carboxylic acids is 1. The fraction of sp³-hybridized carbons (Fsp3) is 0.462. The van der Waals surface area contributed by atoms with E-state index >= 15 is 0 Å². The van der Waals surface area contributed by atoms with E-state index in [9.17, 15) is 14.9 Å². The summed E-state index contributed by atoms with van der Waals surface area (Å²) in [5, 5.41) is 19.7. The van der Waals surface area contributed by atoms with E-state index in [1.807, 2.05) is 0 Å². The van der Waals surface area contributed by atoms with Gasteiger partial charge in [0.1, 0.15) is 0 Å². The van der Waals surface area contributed by atoms with Crippen molar-refractivity contribution in [3.8, 4) is 0 Å². The molecule has 0 heterocycles. The number of unbranched alkanes of at least 4 members (excludes halogenated alkanes) is 3. The third-order valence-electron chi connectivity index (χ3n) is 2.83. The molecule has 0 aliphatic carbocycles. The van der Waals surface area contributed by atoms with Gasteiger partial charge in [0.15, 0.2) is 0 Å². The van der Waals surface area contributed by atoms with E-state index in [0.29, 0.717) is 12.0 Å². The minimum atomic E-state index is -1.14. The fourth-order valence-corrected chi connectivity index (χ4v) is 1.82. The van der Waals surface area contributed by atoms with Crippen LogP contribution in [0.2, 0.25) is 0 Å². The van der Waals surface area contributed by atoms with Crippen LogP contribution in [0, 0.1) is 10.1 Å². The van der Waals surface area contributed by atoms with E-state index in [0.717, 1.165) is 31.7 Å². The first-order chi connectivity index (χ1) is 8.56. The second-order valence-corrected chi connectivity index (χ2v) is 4.22.